The van der Waals surface area contributed by atoms with Crippen molar-refractivity contribution in [2.24, 2.45) is 11.8 Å². The first kappa shape index (κ1) is 18.3. The Kier molecular flexibility index (Phi) is 5.06. The highest BCUT2D eigenvalue weighted by atomic mass is 16.5. The SMILES string of the molecule is COC.C[C@@H]1OC=C(C=O)C2CC3c4[nH]c5ccccc5c4CCN3CC21. The van der Waals surface area contributed by atoms with E-state index in [9.17, 15) is 4.79 Å². The Morgan fingerprint density at radius 3 is 2.85 bits per heavy atom. The van der Waals surface area contributed by atoms with Gasteiger partial charge in [-0.1, -0.05) is 18.2 Å². The van der Waals surface area contributed by atoms with Crippen LogP contribution in [-0.4, -0.2) is 49.6 Å². The standard InChI is InChI=1S/C20H22N2O2.C2H6O/c1-12-17-9-22-7-6-15-14-4-2-3-5-18(14)21-20(15)19(22)8-16(17)13(10-23)11-24-12;1-3-2/h2-5,10-12,16-17,19,21H,6-9H2,1H3;1-2H3/t12-,16?,17?,19?;/m0./s1. The van der Waals surface area contributed by atoms with Gasteiger partial charge >= 0.3 is 0 Å². The van der Waals surface area contributed by atoms with Crippen LogP contribution in [0.4, 0.5) is 0 Å². The molecule has 0 amide bonds. The van der Waals surface area contributed by atoms with Crippen LogP contribution in [0.15, 0.2) is 36.1 Å². The summed E-state index contributed by atoms with van der Waals surface area (Å²) in [5.41, 5.74) is 4.91. The van der Waals surface area contributed by atoms with Gasteiger partial charge in [0.25, 0.3) is 0 Å². The Morgan fingerprint density at radius 1 is 1.30 bits per heavy atom. The number of rotatable bonds is 1. The molecule has 5 rings (SSSR count). The van der Waals surface area contributed by atoms with Gasteiger partial charge in [-0.3, -0.25) is 9.69 Å². The summed E-state index contributed by atoms with van der Waals surface area (Å²) < 4.78 is 9.97. The number of piperidine rings is 1. The highest BCUT2D eigenvalue weighted by molar-refractivity contribution is 5.85. The summed E-state index contributed by atoms with van der Waals surface area (Å²) in [5.74, 6) is 0.724. The molecule has 0 aliphatic carbocycles. The summed E-state index contributed by atoms with van der Waals surface area (Å²) in [5, 5.41) is 1.36. The number of H-pyrrole nitrogens is 1. The lowest BCUT2D eigenvalue weighted by atomic mass is 9.72. The van der Waals surface area contributed by atoms with Crippen molar-refractivity contribution in [3.05, 3.63) is 47.4 Å². The maximum Gasteiger partial charge on any atom is 0.149 e. The van der Waals surface area contributed by atoms with Gasteiger partial charge in [-0.15, -0.1) is 0 Å². The number of carbonyl (C=O) groups excluding carboxylic acids is 1. The second kappa shape index (κ2) is 7.49. The maximum absolute atomic E-state index is 11.5. The number of methoxy groups -OCH3 is 1. The van der Waals surface area contributed by atoms with Crippen LogP contribution in [0.1, 0.15) is 30.6 Å². The van der Waals surface area contributed by atoms with E-state index in [0.717, 1.165) is 37.8 Å². The van der Waals surface area contributed by atoms with Crippen LogP contribution < -0.4 is 0 Å². The van der Waals surface area contributed by atoms with E-state index in [4.69, 9.17) is 4.74 Å². The molecule has 1 aromatic heterocycles. The van der Waals surface area contributed by atoms with Gasteiger partial charge in [0.2, 0.25) is 0 Å². The molecule has 0 bridgehead atoms. The minimum atomic E-state index is 0.184. The molecule has 4 heterocycles. The lowest BCUT2D eigenvalue weighted by Crippen LogP contribution is -2.50. The molecule has 1 saturated heterocycles. The van der Waals surface area contributed by atoms with Crippen LogP contribution in [-0.2, 0) is 20.7 Å². The minimum Gasteiger partial charge on any atom is -0.498 e. The van der Waals surface area contributed by atoms with Crippen molar-refractivity contribution in [1.29, 1.82) is 0 Å². The number of nitrogens with one attached hydrogen (secondary N) is 1. The average Bonchev–Trinajstić information content (AvgIpc) is 3.07. The van der Waals surface area contributed by atoms with E-state index < -0.39 is 0 Å². The Morgan fingerprint density at radius 2 is 2.07 bits per heavy atom. The number of para-hydroxylation sites is 1. The van der Waals surface area contributed by atoms with Crippen LogP contribution in [0, 0.1) is 11.8 Å². The largest absolute Gasteiger partial charge is 0.498 e. The normalized spacial score (nSPS) is 29.4. The number of allylic oxidation sites excluding steroid dienone is 1. The molecule has 144 valence electrons. The molecule has 1 aromatic carbocycles. The second-order valence-electron chi connectivity index (χ2n) is 7.81. The number of aldehydes is 1. The molecule has 5 heteroatoms. The summed E-state index contributed by atoms with van der Waals surface area (Å²) in [7, 11) is 3.25. The number of aromatic nitrogens is 1. The van der Waals surface area contributed by atoms with Crippen molar-refractivity contribution in [3.63, 3.8) is 0 Å². The lowest BCUT2D eigenvalue weighted by Gasteiger charge is -2.49. The first-order valence-corrected chi connectivity index (χ1v) is 9.72. The van der Waals surface area contributed by atoms with Crippen LogP contribution in [0.3, 0.4) is 0 Å². The zero-order valence-corrected chi connectivity index (χ0v) is 16.3. The molecule has 3 unspecified atom stereocenters. The highest BCUT2D eigenvalue weighted by Gasteiger charge is 2.45. The predicted octanol–water partition coefficient (Wildman–Crippen LogP) is 3.47. The van der Waals surface area contributed by atoms with E-state index in [1.807, 2.05) is 0 Å². The monoisotopic (exact) mass is 368 g/mol. The lowest BCUT2D eigenvalue weighted by molar-refractivity contribution is -0.107. The molecule has 4 atom stereocenters. The Labute approximate surface area is 160 Å². The number of ether oxygens (including phenoxy) is 2. The van der Waals surface area contributed by atoms with Gasteiger partial charge < -0.3 is 14.5 Å². The molecular formula is C22H28N2O3. The quantitative estimate of drug-likeness (QED) is 0.783. The zero-order chi connectivity index (χ0) is 19.0. The minimum absolute atomic E-state index is 0.184. The predicted molar refractivity (Wildman–Crippen MR) is 106 cm³/mol. The number of aromatic amines is 1. The molecule has 3 aliphatic rings. The van der Waals surface area contributed by atoms with Crippen molar-refractivity contribution < 1.29 is 14.3 Å². The van der Waals surface area contributed by atoms with Gasteiger partial charge in [0, 0.05) is 55.4 Å². The molecule has 5 nitrogen and oxygen atoms in total. The van der Waals surface area contributed by atoms with Crippen LogP contribution >= 0.6 is 0 Å². The summed E-state index contributed by atoms with van der Waals surface area (Å²) in [6.07, 6.45) is 4.97. The number of benzene rings is 1. The fourth-order valence-electron chi connectivity index (χ4n) is 5.02. The molecule has 0 radical (unpaired) electrons. The summed E-state index contributed by atoms with van der Waals surface area (Å²) >= 11 is 0. The topological polar surface area (TPSA) is 54.6 Å². The van der Waals surface area contributed by atoms with Crippen LogP contribution in [0.5, 0.6) is 0 Å². The first-order valence-electron chi connectivity index (χ1n) is 9.72. The fraction of sp³-hybridized carbons (Fsp3) is 0.500. The summed E-state index contributed by atoms with van der Waals surface area (Å²) in [4.78, 5) is 17.8. The Balaban J connectivity index is 0.000000565. The first-order chi connectivity index (χ1) is 13.2. The van der Waals surface area contributed by atoms with E-state index in [1.54, 1.807) is 20.5 Å². The number of hydrogen-bond donors (Lipinski definition) is 1. The molecule has 1 fully saturated rings. The smallest absolute Gasteiger partial charge is 0.149 e. The van der Waals surface area contributed by atoms with Crippen molar-refractivity contribution in [3.8, 4) is 0 Å². The third-order valence-electron chi connectivity index (χ3n) is 6.29. The number of hydrogen-bond acceptors (Lipinski definition) is 4. The van der Waals surface area contributed by atoms with Gasteiger partial charge in [0.1, 0.15) is 6.29 Å². The van der Waals surface area contributed by atoms with Crippen molar-refractivity contribution in [1.82, 2.24) is 9.88 Å². The summed E-state index contributed by atoms with van der Waals surface area (Å²) in [6, 6.07) is 8.98. The molecule has 2 aromatic rings. The number of nitrogens with zero attached hydrogens (tertiary/aromatic N) is 1. The van der Waals surface area contributed by atoms with Gasteiger partial charge in [-0.25, -0.2) is 0 Å². The summed E-state index contributed by atoms with van der Waals surface area (Å²) in [6.45, 7) is 4.24. The highest BCUT2D eigenvalue weighted by Crippen LogP contribution is 2.47. The van der Waals surface area contributed by atoms with Crippen LogP contribution in [0.2, 0.25) is 0 Å². The van der Waals surface area contributed by atoms with E-state index >= 15 is 0 Å². The maximum atomic E-state index is 11.5. The molecule has 0 spiro atoms. The van der Waals surface area contributed by atoms with Gasteiger partial charge in [0.15, 0.2) is 0 Å². The number of fused-ring (bicyclic) bond motifs is 6. The van der Waals surface area contributed by atoms with Gasteiger partial charge in [0.05, 0.1) is 18.4 Å². The van der Waals surface area contributed by atoms with Crippen molar-refractivity contribution in [2.45, 2.75) is 31.9 Å². The molecular weight excluding hydrogens is 340 g/mol. The van der Waals surface area contributed by atoms with E-state index in [-0.39, 0.29) is 6.10 Å². The third kappa shape index (κ3) is 3.09. The molecule has 0 saturated carbocycles. The molecule has 3 aliphatic heterocycles. The van der Waals surface area contributed by atoms with E-state index in [2.05, 4.69) is 45.8 Å². The fourth-order valence-corrected chi connectivity index (χ4v) is 5.02. The molecule has 27 heavy (non-hydrogen) atoms. The van der Waals surface area contributed by atoms with Gasteiger partial charge in [-0.05, 0) is 37.3 Å². The molecule has 1 N–H and O–H groups in total. The Bertz CT molecular complexity index is 856. The third-order valence-corrected chi connectivity index (χ3v) is 6.29. The van der Waals surface area contributed by atoms with E-state index in [0.29, 0.717) is 17.9 Å². The second-order valence-corrected chi connectivity index (χ2v) is 7.81. The number of carbonyl (C=O) groups is 1. The van der Waals surface area contributed by atoms with Crippen LogP contribution in [0.25, 0.3) is 10.9 Å². The Hall–Kier alpha value is -2.11. The van der Waals surface area contributed by atoms with Crippen molar-refractivity contribution >= 4 is 17.2 Å². The van der Waals surface area contributed by atoms with Gasteiger partial charge in [-0.2, -0.15) is 0 Å². The van der Waals surface area contributed by atoms with E-state index in [1.165, 1.54) is 22.2 Å². The van der Waals surface area contributed by atoms with Crippen molar-refractivity contribution in [2.75, 3.05) is 27.3 Å². The zero-order valence-electron chi connectivity index (χ0n) is 16.3. The average molecular weight is 368 g/mol.